The molecule has 0 unspecified atom stereocenters. The van der Waals surface area contributed by atoms with Crippen LogP contribution >= 0.6 is 0 Å². The number of rotatable bonds is 5. The highest BCUT2D eigenvalue weighted by molar-refractivity contribution is 5.90. The zero-order valence-corrected chi connectivity index (χ0v) is 10.4. The summed E-state index contributed by atoms with van der Waals surface area (Å²) in [5, 5.41) is 18.2. The zero-order valence-electron chi connectivity index (χ0n) is 10.4. The second-order valence-corrected chi connectivity index (χ2v) is 3.68. The standard InChI is InChI=1S/C11H10N4O5/c1-6-14-15-11(20-6)13-9(16)5-19-8-2-7(10(17)18)3-12-4-8/h2-4H,5H2,1H3,(H,17,18)(H,13,15,16). The highest BCUT2D eigenvalue weighted by atomic mass is 16.5. The monoisotopic (exact) mass is 278 g/mol. The first kappa shape index (κ1) is 13.5. The number of ether oxygens (including phenoxy) is 1. The number of carbonyl (C=O) groups is 2. The van der Waals surface area contributed by atoms with Crippen LogP contribution in [-0.2, 0) is 4.79 Å². The summed E-state index contributed by atoms with van der Waals surface area (Å²) in [7, 11) is 0. The molecule has 1 amide bonds. The summed E-state index contributed by atoms with van der Waals surface area (Å²) in [6, 6.07) is 1.23. The molecule has 2 N–H and O–H groups in total. The second-order valence-electron chi connectivity index (χ2n) is 3.68. The molecule has 2 aromatic heterocycles. The third-order valence-corrected chi connectivity index (χ3v) is 2.10. The van der Waals surface area contributed by atoms with Crippen LogP contribution in [0.3, 0.4) is 0 Å². The minimum atomic E-state index is -1.13. The molecule has 0 fully saturated rings. The second kappa shape index (κ2) is 5.78. The lowest BCUT2D eigenvalue weighted by Crippen LogP contribution is -2.20. The molecular formula is C11H10N4O5. The number of amides is 1. The summed E-state index contributed by atoms with van der Waals surface area (Å²) in [4.78, 5) is 25.9. The maximum atomic E-state index is 11.5. The fourth-order valence-electron chi connectivity index (χ4n) is 1.27. The molecule has 9 nitrogen and oxygen atoms in total. The number of carbonyl (C=O) groups excluding carboxylic acids is 1. The first-order valence-electron chi connectivity index (χ1n) is 5.45. The van der Waals surface area contributed by atoms with E-state index in [-0.39, 0.29) is 23.9 Å². The van der Waals surface area contributed by atoms with Crippen molar-refractivity contribution in [3.63, 3.8) is 0 Å². The van der Waals surface area contributed by atoms with Crippen molar-refractivity contribution in [3.05, 3.63) is 29.9 Å². The normalized spacial score (nSPS) is 10.1. The Labute approximate surface area is 112 Å². The minimum absolute atomic E-state index is 0.0320. The number of nitrogens with zero attached hydrogens (tertiary/aromatic N) is 3. The van der Waals surface area contributed by atoms with Gasteiger partial charge in [0.1, 0.15) is 5.75 Å². The highest BCUT2D eigenvalue weighted by Gasteiger charge is 2.10. The fourth-order valence-corrected chi connectivity index (χ4v) is 1.27. The maximum absolute atomic E-state index is 11.5. The molecule has 0 spiro atoms. The Bertz CT molecular complexity index is 639. The van der Waals surface area contributed by atoms with Crippen molar-refractivity contribution in [1.29, 1.82) is 0 Å². The minimum Gasteiger partial charge on any atom is -0.482 e. The van der Waals surface area contributed by atoms with Gasteiger partial charge in [-0.3, -0.25) is 15.1 Å². The SMILES string of the molecule is Cc1nnc(NC(=O)COc2cncc(C(=O)O)c2)o1. The van der Waals surface area contributed by atoms with Gasteiger partial charge in [0.05, 0.1) is 11.8 Å². The van der Waals surface area contributed by atoms with Crippen molar-refractivity contribution in [3.8, 4) is 5.75 Å². The lowest BCUT2D eigenvalue weighted by Gasteiger charge is -2.05. The Morgan fingerprint density at radius 1 is 1.40 bits per heavy atom. The van der Waals surface area contributed by atoms with E-state index in [1.54, 1.807) is 6.92 Å². The number of nitrogens with one attached hydrogen (secondary N) is 1. The first-order chi connectivity index (χ1) is 9.54. The van der Waals surface area contributed by atoms with E-state index >= 15 is 0 Å². The summed E-state index contributed by atoms with van der Waals surface area (Å²) in [6.45, 7) is 1.24. The number of hydrogen-bond donors (Lipinski definition) is 2. The van der Waals surface area contributed by atoms with E-state index in [4.69, 9.17) is 14.3 Å². The molecule has 0 bridgehead atoms. The third kappa shape index (κ3) is 3.51. The van der Waals surface area contributed by atoms with Gasteiger partial charge < -0.3 is 14.3 Å². The molecule has 0 aliphatic rings. The average Bonchev–Trinajstić information content (AvgIpc) is 2.82. The molecule has 2 rings (SSSR count). The van der Waals surface area contributed by atoms with Crippen LogP contribution in [0.5, 0.6) is 5.75 Å². The van der Waals surface area contributed by atoms with Crippen molar-refractivity contribution in [2.45, 2.75) is 6.92 Å². The molecule has 0 saturated heterocycles. The van der Waals surface area contributed by atoms with Crippen LogP contribution in [0.1, 0.15) is 16.2 Å². The van der Waals surface area contributed by atoms with Gasteiger partial charge in [-0.25, -0.2) is 4.79 Å². The Morgan fingerprint density at radius 3 is 2.85 bits per heavy atom. The number of carboxylic acids is 1. The van der Waals surface area contributed by atoms with E-state index in [1.807, 2.05) is 0 Å². The number of hydrogen-bond acceptors (Lipinski definition) is 7. The smallest absolute Gasteiger partial charge is 0.337 e. The summed E-state index contributed by atoms with van der Waals surface area (Å²) in [5.41, 5.74) is -0.0320. The first-order valence-corrected chi connectivity index (χ1v) is 5.45. The fraction of sp³-hybridized carbons (Fsp3) is 0.182. The average molecular weight is 278 g/mol. The van der Waals surface area contributed by atoms with E-state index in [2.05, 4.69) is 20.5 Å². The zero-order chi connectivity index (χ0) is 14.5. The molecule has 0 atom stereocenters. The third-order valence-electron chi connectivity index (χ3n) is 2.10. The molecule has 0 aliphatic heterocycles. The van der Waals surface area contributed by atoms with Gasteiger partial charge in [0, 0.05) is 13.1 Å². The molecule has 0 aliphatic carbocycles. The molecule has 0 saturated carbocycles. The van der Waals surface area contributed by atoms with Crippen molar-refractivity contribution in [2.24, 2.45) is 0 Å². The molecule has 0 radical (unpaired) electrons. The molecule has 2 aromatic rings. The number of aromatic carboxylic acids is 1. The van der Waals surface area contributed by atoms with Crippen molar-refractivity contribution >= 4 is 17.9 Å². The number of aryl methyl sites for hydroxylation is 1. The highest BCUT2D eigenvalue weighted by Crippen LogP contribution is 2.11. The molecular weight excluding hydrogens is 268 g/mol. The van der Waals surface area contributed by atoms with Gasteiger partial charge in [-0.05, 0) is 6.07 Å². The van der Waals surface area contributed by atoms with Crippen LogP contribution in [0, 0.1) is 6.92 Å². The molecule has 2 heterocycles. The van der Waals surface area contributed by atoms with Gasteiger partial charge in [-0.15, -0.1) is 5.10 Å². The number of pyridine rings is 1. The molecule has 104 valence electrons. The van der Waals surface area contributed by atoms with E-state index < -0.39 is 11.9 Å². The van der Waals surface area contributed by atoms with E-state index in [0.29, 0.717) is 5.89 Å². The van der Waals surface area contributed by atoms with E-state index in [0.717, 1.165) is 0 Å². The number of carboxylic acid groups (broad SMARTS) is 1. The molecule has 20 heavy (non-hydrogen) atoms. The van der Waals surface area contributed by atoms with E-state index in [9.17, 15) is 9.59 Å². The lowest BCUT2D eigenvalue weighted by molar-refractivity contribution is -0.118. The van der Waals surface area contributed by atoms with E-state index in [1.165, 1.54) is 18.5 Å². The summed E-state index contributed by atoms with van der Waals surface area (Å²) >= 11 is 0. The van der Waals surface area contributed by atoms with Gasteiger partial charge in [-0.2, -0.15) is 0 Å². The summed E-state index contributed by atoms with van der Waals surface area (Å²) in [6.07, 6.45) is 2.48. The quantitative estimate of drug-likeness (QED) is 0.808. The van der Waals surface area contributed by atoms with Gasteiger partial charge in [0.2, 0.25) is 5.89 Å². The number of anilines is 1. The summed E-state index contributed by atoms with van der Waals surface area (Å²) < 4.78 is 10.1. The van der Waals surface area contributed by atoms with Gasteiger partial charge in [0.25, 0.3) is 5.91 Å². The lowest BCUT2D eigenvalue weighted by atomic mass is 10.3. The van der Waals surface area contributed by atoms with Gasteiger partial charge in [-0.1, -0.05) is 5.10 Å². The predicted molar refractivity (Wildman–Crippen MR) is 64.4 cm³/mol. The van der Waals surface area contributed by atoms with Crippen molar-refractivity contribution in [1.82, 2.24) is 15.2 Å². The Kier molecular flexibility index (Phi) is 3.89. The maximum Gasteiger partial charge on any atom is 0.337 e. The van der Waals surface area contributed by atoms with Crippen LogP contribution in [0.15, 0.2) is 22.9 Å². The van der Waals surface area contributed by atoms with Gasteiger partial charge >= 0.3 is 12.0 Å². The Morgan fingerprint density at radius 2 is 2.20 bits per heavy atom. The van der Waals surface area contributed by atoms with Crippen LogP contribution < -0.4 is 10.1 Å². The Balaban J connectivity index is 1.90. The Hall–Kier alpha value is -2.97. The van der Waals surface area contributed by atoms with Crippen molar-refractivity contribution in [2.75, 3.05) is 11.9 Å². The van der Waals surface area contributed by atoms with Crippen molar-refractivity contribution < 1.29 is 23.8 Å². The number of aromatic nitrogens is 3. The van der Waals surface area contributed by atoms with Crippen LogP contribution in [0.4, 0.5) is 6.01 Å². The molecule has 9 heteroatoms. The van der Waals surface area contributed by atoms with Crippen LogP contribution in [-0.4, -0.2) is 38.8 Å². The molecule has 0 aromatic carbocycles. The topological polar surface area (TPSA) is 127 Å². The van der Waals surface area contributed by atoms with Crippen LogP contribution in [0.2, 0.25) is 0 Å². The van der Waals surface area contributed by atoms with Gasteiger partial charge in [0.15, 0.2) is 6.61 Å². The van der Waals surface area contributed by atoms with Crippen LogP contribution in [0.25, 0.3) is 0 Å². The predicted octanol–water partition coefficient (Wildman–Crippen LogP) is 0.489. The summed E-state index contributed by atoms with van der Waals surface area (Å²) in [5.74, 6) is -1.16. The largest absolute Gasteiger partial charge is 0.482 e.